The smallest absolute Gasteiger partial charge is 0.341 e. The van der Waals surface area contributed by atoms with E-state index in [1.165, 1.54) is 42.9 Å². The molecule has 5 heteroatoms. The van der Waals surface area contributed by atoms with Crippen LogP contribution in [0.5, 0.6) is 5.75 Å². The van der Waals surface area contributed by atoms with Gasteiger partial charge in [0.1, 0.15) is 11.3 Å². The first-order valence-electron chi connectivity index (χ1n) is 13.1. The van der Waals surface area contributed by atoms with Crippen LogP contribution in [0.25, 0.3) is 6.08 Å². The maximum absolute atomic E-state index is 11.6. The fourth-order valence-corrected chi connectivity index (χ4v) is 3.67. The third kappa shape index (κ3) is 11.1. The molecular weight excluding hydrogens is 452 g/mol. The Kier molecular flexibility index (Phi) is 14.2. The predicted molar refractivity (Wildman–Crippen MR) is 148 cm³/mol. The summed E-state index contributed by atoms with van der Waals surface area (Å²) < 4.78 is 5.12. The van der Waals surface area contributed by atoms with Gasteiger partial charge in [0.15, 0.2) is 0 Å². The number of hydrogen-bond donors (Lipinski definition) is 2. The molecule has 0 radical (unpaired) electrons. The van der Waals surface area contributed by atoms with Crippen LogP contribution in [0.3, 0.4) is 0 Å². The maximum atomic E-state index is 11.6. The second-order valence-electron chi connectivity index (χ2n) is 9.75. The molecule has 5 nitrogen and oxygen atoms in total. The summed E-state index contributed by atoms with van der Waals surface area (Å²) in [5.41, 5.74) is 4.07. The van der Waals surface area contributed by atoms with Crippen LogP contribution < -0.4 is 0 Å². The second-order valence-corrected chi connectivity index (χ2v) is 9.75. The molecule has 2 N–H and O–H groups in total. The lowest BCUT2D eigenvalue weighted by molar-refractivity contribution is -0.132. The fraction of sp³-hybridized carbons (Fsp3) is 0.484. The average Bonchev–Trinajstić information content (AvgIpc) is 2.83. The minimum absolute atomic E-state index is 0.0227. The van der Waals surface area contributed by atoms with Crippen molar-refractivity contribution in [1.82, 2.24) is 0 Å². The lowest BCUT2D eigenvalue weighted by Crippen LogP contribution is -2.06. The number of esters is 1. The van der Waals surface area contributed by atoms with Crippen LogP contribution in [0.4, 0.5) is 0 Å². The molecular formula is C31H44O5. The normalized spacial score (nSPS) is 11.3. The Morgan fingerprint density at radius 2 is 1.56 bits per heavy atom. The van der Waals surface area contributed by atoms with Gasteiger partial charge in [-0.3, -0.25) is 0 Å². The van der Waals surface area contributed by atoms with Crippen LogP contribution in [-0.4, -0.2) is 28.8 Å². The molecule has 0 bridgehead atoms. The summed E-state index contributed by atoms with van der Waals surface area (Å²) in [4.78, 5) is 22.6. The van der Waals surface area contributed by atoms with Gasteiger partial charge in [0, 0.05) is 5.57 Å². The van der Waals surface area contributed by atoms with Crippen molar-refractivity contribution >= 4 is 18.0 Å². The molecule has 0 saturated carbocycles. The molecule has 2 aromatic carbocycles. The molecule has 36 heavy (non-hydrogen) atoms. The zero-order valence-corrected chi connectivity index (χ0v) is 22.8. The number of carboxylic acids is 1. The number of phenols is 1. The minimum Gasteiger partial charge on any atom is -0.507 e. The summed E-state index contributed by atoms with van der Waals surface area (Å²) >= 11 is 0. The third-order valence-corrected chi connectivity index (χ3v) is 5.96. The third-order valence-electron chi connectivity index (χ3n) is 5.96. The van der Waals surface area contributed by atoms with Crippen molar-refractivity contribution in [2.45, 2.75) is 91.9 Å². The van der Waals surface area contributed by atoms with Gasteiger partial charge in [0.2, 0.25) is 0 Å². The van der Waals surface area contributed by atoms with Crippen molar-refractivity contribution in [3.8, 4) is 5.75 Å². The molecule has 0 aliphatic heterocycles. The highest BCUT2D eigenvalue weighted by atomic mass is 16.5. The SMILES string of the molecule is CC(=Cc1cc(C(C)C)ccc1C(C)C)C(=O)O.CCCCCCCCOC(=O)c1ccccc1O. The monoisotopic (exact) mass is 496 g/mol. The first-order valence-corrected chi connectivity index (χ1v) is 13.1. The van der Waals surface area contributed by atoms with Crippen molar-refractivity contribution in [2.75, 3.05) is 6.61 Å². The van der Waals surface area contributed by atoms with Crippen LogP contribution in [0.1, 0.15) is 119 Å². The van der Waals surface area contributed by atoms with Crippen molar-refractivity contribution < 1.29 is 24.5 Å². The van der Waals surface area contributed by atoms with Gasteiger partial charge in [0.05, 0.1) is 6.61 Å². The van der Waals surface area contributed by atoms with Crippen LogP contribution in [-0.2, 0) is 9.53 Å². The number of aromatic hydroxyl groups is 1. The van der Waals surface area contributed by atoms with E-state index in [1.54, 1.807) is 31.2 Å². The fourth-order valence-electron chi connectivity index (χ4n) is 3.67. The number of benzene rings is 2. The molecule has 0 amide bonds. The van der Waals surface area contributed by atoms with Gasteiger partial charge in [0.25, 0.3) is 0 Å². The predicted octanol–water partition coefficient (Wildman–Crippen LogP) is 8.33. The van der Waals surface area contributed by atoms with Crippen molar-refractivity contribution in [1.29, 1.82) is 0 Å². The molecule has 2 rings (SSSR count). The Balaban J connectivity index is 0.000000360. The summed E-state index contributed by atoms with van der Waals surface area (Å²) in [5.74, 6) is -0.491. The average molecular weight is 497 g/mol. The van der Waals surface area contributed by atoms with Crippen LogP contribution >= 0.6 is 0 Å². The number of carboxylic acid groups (broad SMARTS) is 1. The van der Waals surface area contributed by atoms with Crippen LogP contribution in [0.2, 0.25) is 0 Å². The van der Waals surface area contributed by atoms with Gasteiger partial charge in [-0.05, 0) is 60.1 Å². The van der Waals surface area contributed by atoms with E-state index in [0.717, 1.165) is 18.4 Å². The maximum Gasteiger partial charge on any atom is 0.341 e. The molecule has 0 heterocycles. The summed E-state index contributed by atoms with van der Waals surface area (Å²) in [5, 5.41) is 18.5. The number of hydrogen-bond acceptors (Lipinski definition) is 4. The molecule has 2 aromatic rings. The number of ether oxygens (including phenoxy) is 1. The summed E-state index contributed by atoms with van der Waals surface area (Å²) in [7, 11) is 0. The number of unbranched alkanes of at least 4 members (excludes halogenated alkanes) is 5. The number of carbonyl (C=O) groups excluding carboxylic acids is 1. The lowest BCUT2D eigenvalue weighted by atomic mass is 9.91. The highest BCUT2D eigenvalue weighted by Crippen LogP contribution is 2.26. The van der Waals surface area contributed by atoms with Gasteiger partial charge in [-0.2, -0.15) is 0 Å². The van der Waals surface area contributed by atoms with Gasteiger partial charge < -0.3 is 14.9 Å². The summed E-state index contributed by atoms with van der Waals surface area (Å²) in [6.07, 6.45) is 8.71. The van der Waals surface area contributed by atoms with E-state index in [-0.39, 0.29) is 11.3 Å². The number of aliphatic carboxylic acids is 1. The minimum atomic E-state index is -0.861. The van der Waals surface area contributed by atoms with Crippen LogP contribution in [0.15, 0.2) is 48.0 Å². The highest BCUT2D eigenvalue weighted by Gasteiger charge is 2.11. The number of rotatable bonds is 12. The zero-order chi connectivity index (χ0) is 27.1. The van der Waals surface area contributed by atoms with Gasteiger partial charge in [-0.15, -0.1) is 0 Å². The summed E-state index contributed by atoms with van der Waals surface area (Å²) in [6, 6.07) is 12.8. The number of phenolic OH excluding ortho intramolecular Hbond substituents is 1. The molecule has 0 atom stereocenters. The Hall–Kier alpha value is -3.08. The Morgan fingerprint density at radius 1 is 0.917 bits per heavy atom. The van der Waals surface area contributed by atoms with E-state index in [1.807, 2.05) is 0 Å². The molecule has 0 unspecified atom stereocenters. The molecule has 0 spiro atoms. The standard InChI is InChI=1S/C16H22O2.C15H22O3/c1-10(2)13-6-7-15(11(3)4)14(9-13)8-12(5)16(17)18;1-2-3-4-5-6-9-12-18-15(17)13-10-7-8-11-14(13)16/h6-11H,1-5H3,(H,17,18);7-8,10-11,16H,2-6,9,12H2,1H3. The Labute approximate surface area is 217 Å². The number of para-hydroxylation sites is 1. The molecule has 198 valence electrons. The first-order chi connectivity index (χ1) is 17.1. The number of carbonyl (C=O) groups is 2. The second kappa shape index (κ2) is 16.6. The van der Waals surface area contributed by atoms with Crippen molar-refractivity contribution in [3.05, 3.63) is 70.3 Å². The highest BCUT2D eigenvalue weighted by molar-refractivity contribution is 5.92. The Bertz CT molecular complexity index is 988. The molecule has 0 fully saturated rings. The van der Waals surface area contributed by atoms with E-state index in [2.05, 4.69) is 52.8 Å². The van der Waals surface area contributed by atoms with E-state index < -0.39 is 11.9 Å². The molecule has 0 aromatic heterocycles. The zero-order valence-electron chi connectivity index (χ0n) is 22.8. The van der Waals surface area contributed by atoms with E-state index >= 15 is 0 Å². The largest absolute Gasteiger partial charge is 0.507 e. The molecule has 0 aliphatic rings. The van der Waals surface area contributed by atoms with E-state index in [4.69, 9.17) is 9.84 Å². The lowest BCUT2D eigenvalue weighted by Gasteiger charge is -2.14. The van der Waals surface area contributed by atoms with Gasteiger partial charge in [-0.1, -0.05) is 97.1 Å². The van der Waals surface area contributed by atoms with Gasteiger partial charge >= 0.3 is 11.9 Å². The Morgan fingerprint density at radius 3 is 2.14 bits per heavy atom. The first kappa shape index (κ1) is 31.0. The van der Waals surface area contributed by atoms with E-state index in [9.17, 15) is 14.7 Å². The van der Waals surface area contributed by atoms with Gasteiger partial charge in [-0.25, -0.2) is 9.59 Å². The van der Waals surface area contributed by atoms with Crippen molar-refractivity contribution in [2.24, 2.45) is 0 Å². The van der Waals surface area contributed by atoms with E-state index in [0.29, 0.717) is 24.0 Å². The molecule has 0 saturated heterocycles. The van der Waals surface area contributed by atoms with Crippen molar-refractivity contribution in [3.63, 3.8) is 0 Å². The topological polar surface area (TPSA) is 83.8 Å². The quantitative estimate of drug-likeness (QED) is 0.175. The summed E-state index contributed by atoms with van der Waals surface area (Å²) in [6.45, 7) is 12.8. The van der Waals surface area contributed by atoms with Crippen LogP contribution in [0, 0.1) is 0 Å². The molecule has 0 aliphatic carbocycles.